The number of aromatic nitrogens is 1. The summed E-state index contributed by atoms with van der Waals surface area (Å²) in [6.45, 7) is 1.97. The summed E-state index contributed by atoms with van der Waals surface area (Å²) in [5.74, 6) is -1.44. The van der Waals surface area contributed by atoms with Gasteiger partial charge in [-0.15, -0.1) is 0 Å². The van der Waals surface area contributed by atoms with Gasteiger partial charge in [-0.25, -0.2) is 5.01 Å². The fraction of sp³-hybridized carbons (Fsp3) is 0.172. The van der Waals surface area contributed by atoms with Gasteiger partial charge in [0.15, 0.2) is 0 Å². The number of hydrazone groups is 1. The van der Waals surface area contributed by atoms with Crippen LogP contribution in [0, 0.1) is 6.92 Å². The molecule has 3 aromatic carbocycles. The zero-order valence-corrected chi connectivity index (χ0v) is 19.8. The molecule has 1 unspecified atom stereocenters. The predicted molar refractivity (Wildman–Crippen MR) is 139 cm³/mol. The average Bonchev–Trinajstić information content (AvgIpc) is 3.32. The second kappa shape index (κ2) is 9.62. The lowest BCUT2D eigenvalue weighted by atomic mass is 9.90. The minimum Gasteiger partial charge on any atom is -0.481 e. The van der Waals surface area contributed by atoms with Crippen molar-refractivity contribution in [1.29, 1.82) is 0 Å². The van der Waals surface area contributed by atoms with Crippen molar-refractivity contribution in [3.05, 3.63) is 106 Å². The number of nitrogens with one attached hydrogen (secondary N) is 1. The molecule has 1 atom stereocenters. The Morgan fingerprint density at radius 2 is 1.67 bits per heavy atom. The summed E-state index contributed by atoms with van der Waals surface area (Å²) >= 11 is 0. The Kier molecular flexibility index (Phi) is 6.21. The Balaban J connectivity index is 1.69. The van der Waals surface area contributed by atoms with Gasteiger partial charge >= 0.3 is 5.97 Å². The van der Waals surface area contributed by atoms with Crippen LogP contribution < -0.4 is 5.56 Å². The van der Waals surface area contributed by atoms with Crippen LogP contribution in [0.4, 0.5) is 0 Å². The molecule has 1 amide bonds. The molecule has 2 N–H and O–H groups in total. The number of nitrogens with zero attached hydrogens (tertiary/aromatic N) is 2. The highest BCUT2D eigenvalue weighted by atomic mass is 16.4. The van der Waals surface area contributed by atoms with Gasteiger partial charge in [-0.3, -0.25) is 14.4 Å². The van der Waals surface area contributed by atoms with E-state index >= 15 is 0 Å². The highest BCUT2D eigenvalue weighted by Crippen LogP contribution is 2.37. The molecule has 1 aromatic heterocycles. The molecule has 0 radical (unpaired) electrons. The van der Waals surface area contributed by atoms with E-state index in [4.69, 9.17) is 5.11 Å². The molecule has 180 valence electrons. The minimum absolute atomic E-state index is 0.172. The lowest BCUT2D eigenvalue weighted by Gasteiger charge is -2.21. The number of carbonyl (C=O) groups is 2. The number of aliphatic carboxylic acids is 1. The number of rotatable bonds is 6. The second-order valence-electron chi connectivity index (χ2n) is 8.93. The predicted octanol–water partition coefficient (Wildman–Crippen LogP) is 5.05. The molecule has 5 rings (SSSR count). The normalized spacial score (nSPS) is 15.2. The van der Waals surface area contributed by atoms with Crippen LogP contribution in [-0.4, -0.2) is 32.7 Å². The zero-order chi connectivity index (χ0) is 25.2. The number of aromatic amines is 1. The maximum atomic E-state index is 13.5. The van der Waals surface area contributed by atoms with E-state index in [-0.39, 0.29) is 18.4 Å². The van der Waals surface area contributed by atoms with E-state index in [0.717, 1.165) is 33.2 Å². The number of benzene rings is 3. The SMILES string of the molecule is Cc1ccc2c(-c3ccccc3)c(C3=NN(C(=O)CCC(=O)O)C(c4ccccc4)C3)c(=O)[nH]c2c1. The van der Waals surface area contributed by atoms with Crippen LogP contribution in [-0.2, 0) is 9.59 Å². The number of fused-ring (bicyclic) bond motifs is 1. The molecule has 0 saturated carbocycles. The fourth-order valence-corrected chi connectivity index (χ4v) is 4.75. The molecular formula is C29H25N3O4. The summed E-state index contributed by atoms with van der Waals surface area (Å²) in [6, 6.07) is 24.7. The van der Waals surface area contributed by atoms with Gasteiger partial charge in [0.25, 0.3) is 5.56 Å². The highest BCUT2D eigenvalue weighted by Gasteiger charge is 2.35. The van der Waals surface area contributed by atoms with E-state index in [0.29, 0.717) is 17.7 Å². The van der Waals surface area contributed by atoms with Gasteiger partial charge in [-0.1, -0.05) is 72.8 Å². The van der Waals surface area contributed by atoms with Crippen LogP contribution in [0.25, 0.3) is 22.0 Å². The van der Waals surface area contributed by atoms with Gasteiger partial charge in [0.05, 0.1) is 23.7 Å². The van der Waals surface area contributed by atoms with Crippen molar-refractivity contribution in [3.8, 4) is 11.1 Å². The Morgan fingerprint density at radius 3 is 2.36 bits per heavy atom. The molecule has 0 fully saturated rings. The lowest BCUT2D eigenvalue weighted by Crippen LogP contribution is -2.27. The third-order valence-electron chi connectivity index (χ3n) is 6.42. The van der Waals surface area contributed by atoms with Crippen LogP contribution in [0.1, 0.15) is 42.0 Å². The number of carboxylic acids is 1. The monoisotopic (exact) mass is 479 g/mol. The van der Waals surface area contributed by atoms with Crippen molar-refractivity contribution in [2.45, 2.75) is 32.2 Å². The molecule has 1 aliphatic heterocycles. The van der Waals surface area contributed by atoms with Crippen molar-refractivity contribution in [2.24, 2.45) is 5.10 Å². The van der Waals surface area contributed by atoms with Gasteiger partial charge in [0.2, 0.25) is 5.91 Å². The number of H-pyrrole nitrogens is 1. The van der Waals surface area contributed by atoms with Crippen LogP contribution in [0.2, 0.25) is 0 Å². The van der Waals surface area contributed by atoms with Crippen molar-refractivity contribution in [1.82, 2.24) is 9.99 Å². The summed E-state index contributed by atoms with van der Waals surface area (Å²) in [5, 5.41) is 16.0. The third-order valence-corrected chi connectivity index (χ3v) is 6.42. The Morgan fingerprint density at radius 1 is 0.972 bits per heavy atom. The summed E-state index contributed by atoms with van der Waals surface area (Å²) < 4.78 is 0. The van der Waals surface area contributed by atoms with E-state index in [1.807, 2.05) is 85.8 Å². The number of carboxylic acid groups (broad SMARTS) is 1. The molecule has 0 spiro atoms. The van der Waals surface area contributed by atoms with E-state index in [9.17, 15) is 14.4 Å². The van der Waals surface area contributed by atoms with Crippen molar-refractivity contribution >= 4 is 28.5 Å². The highest BCUT2D eigenvalue weighted by molar-refractivity contribution is 6.13. The standard InChI is InChI=1S/C29H25N3O4/c1-18-12-13-21-22(16-18)30-29(36)28(27(21)20-10-6-3-7-11-20)23-17-24(19-8-4-2-5-9-19)32(31-23)25(33)14-15-26(34)35/h2-13,16,24H,14-15,17H2,1H3,(H,30,36)(H,34,35). The average molecular weight is 480 g/mol. The molecule has 0 bridgehead atoms. The second-order valence-corrected chi connectivity index (χ2v) is 8.93. The summed E-state index contributed by atoms with van der Waals surface area (Å²) in [6.07, 6.45) is -0.121. The van der Waals surface area contributed by atoms with E-state index in [1.54, 1.807) is 0 Å². The van der Waals surface area contributed by atoms with Crippen LogP contribution in [0.3, 0.4) is 0 Å². The lowest BCUT2D eigenvalue weighted by molar-refractivity contribution is -0.141. The molecule has 1 aliphatic rings. The maximum Gasteiger partial charge on any atom is 0.303 e. The number of hydrogen-bond acceptors (Lipinski definition) is 4. The Bertz CT molecular complexity index is 1540. The Labute approximate surface area is 207 Å². The first-order chi connectivity index (χ1) is 17.4. The summed E-state index contributed by atoms with van der Waals surface area (Å²) in [5.41, 5.74) is 4.91. The minimum atomic E-state index is -1.05. The number of hydrogen-bond donors (Lipinski definition) is 2. The quantitative estimate of drug-likeness (QED) is 0.404. The molecule has 7 heteroatoms. The number of pyridine rings is 1. The Hall–Kier alpha value is -4.52. The zero-order valence-electron chi connectivity index (χ0n) is 19.8. The summed E-state index contributed by atoms with van der Waals surface area (Å²) in [4.78, 5) is 40.7. The summed E-state index contributed by atoms with van der Waals surface area (Å²) in [7, 11) is 0. The largest absolute Gasteiger partial charge is 0.481 e. The van der Waals surface area contributed by atoms with Gasteiger partial charge in [-0.05, 0) is 29.7 Å². The maximum absolute atomic E-state index is 13.5. The number of aryl methyl sites for hydroxylation is 1. The van der Waals surface area contributed by atoms with E-state index in [2.05, 4.69) is 10.1 Å². The molecule has 36 heavy (non-hydrogen) atoms. The van der Waals surface area contributed by atoms with Gasteiger partial charge in [-0.2, -0.15) is 5.10 Å². The third kappa shape index (κ3) is 4.43. The van der Waals surface area contributed by atoms with E-state index < -0.39 is 17.9 Å². The van der Waals surface area contributed by atoms with Crippen molar-refractivity contribution in [2.75, 3.05) is 0 Å². The van der Waals surface area contributed by atoms with Crippen LogP contribution in [0.15, 0.2) is 88.8 Å². The topological polar surface area (TPSA) is 103 Å². The van der Waals surface area contributed by atoms with E-state index in [1.165, 1.54) is 5.01 Å². The first kappa shape index (κ1) is 23.2. The number of carbonyl (C=O) groups excluding carboxylic acids is 1. The molecular weight excluding hydrogens is 454 g/mol. The van der Waals surface area contributed by atoms with Gasteiger partial charge < -0.3 is 10.1 Å². The van der Waals surface area contributed by atoms with Gasteiger partial charge in [0, 0.05) is 29.3 Å². The van der Waals surface area contributed by atoms with Crippen molar-refractivity contribution < 1.29 is 14.7 Å². The van der Waals surface area contributed by atoms with Crippen LogP contribution >= 0.6 is 0 Å². The number of amides is 1. The molecule has 2 heterocycles. The van der Waals surface area contributed by atoms with Crippen LogP contribution in [0.5, 0.6) is 0 Å². The first-order valence-electron chi connectivity index (χ1n) is 11.8. The molecule has 0 aliphatic carbocycles. The molecule has 4 aromatic rings. The van der Waals surface area contributed by atoms with Gasteiger partial charge in [0.1, 0.15) is 0 Å². The molecule has 7 nitrogen and oxygen atoms in total. The fourth-order valence-electron chi connectivity index (χ4n) is 4.75. The molecule has 0 saturated heterocycles. The van der Waals surface area contributed by atoms with Crippen molar-refractivity contribution in [3.63, 3.8) is 0 Å². The smallest absolute Gasteiger partial charge is 0.303 e. The first-order valence-corrected chi connectivity index (χ1v) is 11.8.